The van der Waals surface area contributed by atoms with Gasteiger partial charge in [-0.2, -0.15) is 0 Å². The Bertz CT molecular complexity index is 506. The molecule has 0 amide bonds. The molecule has 2 aromatic rings. The summed E-state index contributed by atoms with van der Waals surface area (Å²) in [6.07, 6.45) is 3.96. The van der Waals surface area contributed by atoms with Crippen LogP contribution in [0.25, 0.3) is 11.3 Å². The first-order valence-corrected chi connectivity index (χ1v) is 6.78. The lowest BCUT2D eigenvalue weighted by Crippen LogP contribution is -1.99. The van der Waals surface area contributed by atoms with Crippen molar-refractivity contribution in [2.75, 3.05) is 0 Å². The highest BCUT2D eigenvalue weighted by Crippen LogP contribution is 2.29. The number of benzene rings is 1. The summed E-state index contributed by atoms with van der Waals surface area (Å²) in [4.78, 5) is 4.58. The fourth-order valence-electron chi connectivity index (χ4n) is 2.17. The maximum absolute atomic E-state index is 4.58. The van der Waals surface area contributed by atoms with Crippen LogP contribution < -0.4 is 0 Å². The summed E-state index contributed by atoms with van der Waals surface area (Å²) in [6, 6.07) is 10.4. The highest BCUT2D eigenvalue weighted by Gasteiger charge is 2.11. The summed E-state index contributed by atoms with van der Waals surface area (Å²) in [6.45, 7) is 4.38. The van der Waals surface area contributed by atoms with Crippen molar-refractivity contribution in [1.82, 2.24) is 4.98 Å². The van der Waals surface area contributed by atoms with E-state index in [1.165, 1.54) is 16.7 Å². The number of halogens is 1. The summed E-state index contributed by atoms with van der Waals surface area (Å²) >= 11 is 3.59. The largest absolute Gasteiger partial charge is 0.255 e. The minimum atomic E-state index is 1.01. The molecule has 0 bridgehead atoms. The molecule has 0 radical (unpaired) electrons. The zero-order valence-corrected chi connectivity index (χ0v) is 11.8. The molecule has 0 atom stereocenters. The molecule has 0 N–H and O–H groups in total. The van der Waals surface area contributed by atoms with Crippen LogP contribution in [0.1, 0.15) is 25.0 Å². The van der Waals surface area contributed by atoms with Gasteiger partial charge in [0.25, 0.3) is 0 Å². The van der Waals surface area contributed by atoms with Gasteiger partial charge in [0.05, 0.1) is 5.69 Å². The molecule has 1 heterocycles. The van der Waals surface area contributed by atoms with Crippen molar-refractivity contribution in [1.29, 1.82) is 0 Å². The molecule has 0 aliphatic rings. The quantitative estimate of drug-likeness (QED) is 0.802. The maximum Gasteiger partial charge on any atom is 0.0737 e. The normalized spacial score (nSPS) is 10.5. The molecule has 1 aromatic heterocycles. The second kappa shape index (κ2) is 5.46. The fourth-order valence-corrected chi connectivity index (χ4v) is 2.79. The predicted octanol–water partition coefficient (Wildman–Crippen LogP) is 4.64. The van der Waals surface area contributed by atoms with Crippen LogP contribution in [0.4, 0.5) is 0 Å². The van der Waals surface area contributed by atoms with Crippen molar-refractivity contribution in [3.05, 3.63) is 52.1 Å². The van der Waals surface area contributed by atoms with E-state index in [1.54, 1.807) is 0 Å². The van der Waals surface area contributed by atoms with Gasteiger partial charge in [0.15, 0.2) is 0 Å². The molecule has 0 aliphatic carbocycles. The third kappa shape index (κ3) is 2.42. The molecule has 0 saturated heterocycles. The average Bonchev–Trinajstić information content (AvgIpc) is 2.39. The molecule has 17 heavy (non-hydrogen) atoms. The second-order valence-corrected chi connectivity index (χ2v) is 4.84. The molecule has 0 unspecified atom stereocenters. The molecule has 0 saturated carbocycles. The van der Waals surface area contributed by atoms with E-state index in [0.29, 0.717) is 0 Å². The van der Waals surface area contributed by atoms with Gasteiger partial charge in [-0.3, -0.25) is 4.98 Å². The van der Waals surface area contributed by atoms with E-state index in [0.717, 1.165) is 23.0 Å². The van der Waals surface area contributed by atoms with Crippen LogP contribution in [0, 0.1) is 0 Å². The van der Waals surface area contributed by atoms with Crippen molar-refractivity contribution in [3.8, 4) is 11.3 Å². The Morgan fingerprint density at radius 3 is 2.24 bits per heavy atom. The number of aromatic nitrogens is 1. The van der Waals surface area contributed by atoms with Gasteiger partial charge in [-0.1, -0.05) is 44.2 Å². The zero-order chi connectivity index (χ0) is 12.3. The average molecular weight is 290 g/mol. The van der Waals surface area contributed by atoms with Gasteiger partial charge in [-0.05, 0) is 39.9 Å². The summed E-state index contributed by atoms with van der Waals surface area (Å²) in [5, 5.41) is 0. The molecular formula is C15H16BrN. The summed E-state index contributed by atoms with van der Waals surface area (Å²) in [7, 11) is 0. The van der Waals surface area contributed by atoms with Gasteiger partial charge in [-0.25, -0.2) is 0 Å². The highest BCUT2D eigenvalue weighted by atomic mass is 79.9. The first-order valence-electron chi connectivity index (χ1n) is 5.99. The molecule has 0 fully saturated rings. The van der Waals surface area contributed by atoms with Crippen LogP contribution in [0.5, 0.6) is 0 Å². The fraction of sp³-hybridized carbons (Fsp3) is 0.267. The highest BCUT2D eigenvalue weighted by molar-refractivity contribution is 9.10. The van der Waals surface area contributed by atoms with E-state index in [-0.39, 0.29) is 0 Å². The molecule has 0 spiro atoms. The van der Waals surface area contributed by atoms with Crippen molar-refractivity contribution < 1.29 is 0 Å². The Hall–Kier alpha value is -1.15. The molecule has 1 aromatic carbocycles. The van der Waals surface area contributed by atoms with Gasteiger partial charge in [-0.15, -0.1) is 0 Å². The SMILES string of the molecule is CCc1c(Br)cnc(-c2ccccc2)c1CC. The van der Waals surface area contributed by atoms with Crippen molar-refractivity contribution in [3.63, 3.8) is 0 Å². The lowest BCUT2D eigenvalue weighted by Gasteiger charge is -2.13. The number of hydrogen-bond donors (Lipinski definition) is 0. The number of pyridine rings is 1. The summed E-state index contributed by atoms with van der Waals surface area (Å²) < 4.78 is 1.12. The first kappa shape index (κ1) is 12.3. The van der Waals surface area contributed by atoms with Crippen LogP contribution in [-0.4, -0.2) is 4.98 Å². The van der Waals surface area contributed by atoms with Gasteiger partial charge in [0.2, 0.25) is 0 Å². The second-order valence-electron chi connectivity index (χ2n) is 3.98. The Kier molecular flexibility index (Phi) is 3.95. The van der Waals surface area contributed by atoms with Crippen molar-refractivity contribution in [2.24, 2.45) is 0 Å². The Morgan fingerprint density at radius 1 is 1.00 bits per heavy atom. The molecule has 2 heteroatoms. The van der Waals surface area contributed by atoms with E-state index in [4.69, 9.17) is 0 Å². The van der Waals surface area contributed by atoms with Gasteiger partial charge >= 0.3 is 0 Å². The molecule has 0 aliphatic heterocycles. The van der Waals surface area contributed by atoms with E-state index < -0.39 is 0 Å². The van der Waals surface area contributed by atoms with Crippen LogP contribution in [-0.2, 0) is 12.8 Å². The van der Waals surface area contributed by atoms with E-state index in [2.05, 4.69) is 59.0 Å². The van der Waals surface area contributed by atoms with Crippen LogP contribution in [0.3, 0.4) is 0 Å². The lowest BCUT2D eigenvalue weighted by molar-refractivity contribution is 1.01. The Labute approximate surface area is 111 Å². The van der Waals surface area contributed by atoms with Gasteiger partial charge in [0, 0.05) is 16.2 Å². The smallest absolute Gasteiger partial charge is 0.0737 e. The zero-order valence-electron chi connectivity index (χ0n) is 10.2. The topological polar surface area (TPSA) is 12.9 Å². The van der Waals surface area contributed by atoms with E-state index in [1.807, 2.05) is 12.3 Å². The monoisotopic (exact) mass is 289 g/mol. The van der Waals surface area contributed by atoms with E-state index >= 15 is 0 Å². The standard InChI is InChI=1S/C15H16BrN/c1-3-12-13(4-2)15(17-10-14(12)16)11-8-6-5-7-9-11/h5-10H,3-4H2,1-2H3. The van der Waals surface area contributed by atoms with Crippen LogP contribution >= 0.6 is 15.9 Å². The Balaban J connectivity index is 2.63. The third-order valence-electron chi connectivity index (χ3n) is 3.00. The van der Waals surface area contributed by atoms with Crippen molar-refractivity contribution in [2.45, 2.75) is 26.7 Å². The first-order chi connectivity index (χ1) is 8.27. The van der Waals surface area contributed by atoms with Gasteiger partial charge < -0.3 is 0 Å². The van der Waals surface area contributed by atoms with Crippen LogP contribution in [0.15, 0.2) is 41.0 Å². The Morgan fingerprint density at radius 2 is 1.65 bits per heavy atom. The summed E-state index contributed by atoms with van der Waals surface area (Å²) in [5.74, 6) is 0. The molecule has 2 rings (SSSR count). The number of rotatable bonds is 3. The lowest BCUT2D eigenvalue weighted by atomic mass is 9.98. The minimum Gasteiger partial charge on any atom is -0.255 e. The molecule has 88 valence electrons. The van der Waals surface area contributed by atoms with Gasteiger partial charge in [0.1, 0.15) is 0 Å². The third-order valence-corrected chi connectivity index (χ3v) is 3.68. The number of hydrogen-bond acceptors (Lipinski definition) is 1. The molecular weight excluding hydrogens is 274 g/mol. The maximum atomic E-state index is 4.58. The minimum absolute atomic E-state index is 1.01. The summed E-state index contributed by atoms with van der Waals surface area (Å²) in [5.41, 5.74) is 5.05. The molecule has 1 nitrogen and oxygen atoms in total. The van der Waals surface area contributed by atoms with Crippen LogP contribution in [0.2, 0.25) is 0 Å². The number of nitrogens with zero attached hydrogens (tertiary/aromatic N) is 1. The predicted molar refractivity (Wildman–Crippen MR) is 76.1 cm³/mol. The van der Waals surface area contributed by atoms with E-state index in [9.17, 15) is 0 Å². The van der Waals surface area contributed by atoms with Crippen molar-refractivity contribution >= 4 is 15.9 Å².